The largest absolute Gasteiger partial charge is 0.355 e. The van der Waals surface area contributed by atoms with Crippen molar-refractivity contribution in [2.45, 2.75) is 25.9 Å². The standard InChI is InChI=1S/C14H22N4O/c1-10-8-18(9-11(2)17(10)4)13-12(14(19)15-3)6-5-7-16-13/h5-7,10-11H,8-9H2,1-4H3,(H,15,19)/t10-,11+. The fraction of sp³-hybridized carbons (Fsp3) is 0.571. The predicted molar refractivity (Wildman–Crippen MR) is 76.5 cm³/mol. The molecule has 1 aliphatic heterocycles. The average molecular weight is 262 g/mol. The Balaban J connectivity index is 2.29. The second-order valence-corrected chi connectivity index (χ2v) is 5.22. The molecule has 104 valence electrons. The molecule has 2 rings (SSSR count). The summed E-state index contributed by atoms with van der Waals surface area (Å²) in [6, 6.07) is 4.53. The highest BCUT2D eigenvalue weighted by atomic mass is 16.1. The van der Waals surface area contributed by atoms with Crippen LogP contribution in [0.4, 0.5) is 5.82 Å². The topological polar surface area (TPSA) is 48.5 Å². The minimum atomic E-state index is -0.0812. The van der Waals surface area contributed by atoms with Crippen molar-refractivity contribution in [1.29, 1.82) is 0 Å². The average Bonchev–Trinajstić information content (AvgIpc) is 2.43. The fourth-order valence-corrected chi connectivity index (χ4v) is 2.54. The van der Waals surface area contributed by atoms with E-state index in [1.807, 2.05) is 6.07 Å². The maximum absolute atomic E-state index is 11.9. The lowest BCUT2D eigenvalue weighted by atomic mass is 10.1. The first-order valence-corrected chi connectivity index (χ1v) is 6.68. The summed E-state index contributed by atoms with van der Waals surface area (Å²) < 4.78 is 0. The van der Waals surface area contributed by atoms with Crippen LogP contribution in [0.1, 0.15) is 24.2 Å². The predicted octanol–water partition coefficient (Wildman–Crippen LogP) is 0.970. The Morgan fingerprint density at radius 1 is 1.37 bits per heavy atom. The Kier molecular flexibility index (Phi) is 4.04. The molecular weight excluding hydrogens is 240 g/mol. The molecule has 5 heteroatoms. The van der Waals surface area contributed by atoms with Crippen LogP contribution < -0.4 is 10.2 Å². The lowest BCUT2D eigenvalue weighted by Gasteiger charge is -2.43. The normalized spacial score (nSPS) is 24.3. The summed E-state index contributed by atoms with van der Waals surface area (Å²) in [7, 11) is 3.79. The summed E-state index contributed by atoms with van der Waals surface area (Å²) in [6.07, 6.45) is 1.75. The zero-order chi connectivity index (χ0) is 14.0. The van der Waals surface area contributed by atoms with Crippen LogP contribution in [0.5, 0.6) is 0 Å². The summed E-state index contributed by atoms with van der Waals surface area (Å²) in [4.78, 5) is 20.9. The van der Waals surface area contributed by atoms with Crippen LogP contribution in [0.2, 0.25) is 0 Å². The highest BCUT2D eigenvalue weighted by Crippen LogP contribution is 2.22. The van der Waals surface area contributed by atoms with Crippen molar-refractivity contribution in [1.82, 2.24) is 15.2 Å². The molecule has 0 bridgehead atoms. The zero-order valence-corrected chi connectivity index (χ0v) is 12.1. The van der Waals surface area contributed by atoms with Gasteiger partial charge in [0.1, 0.15) is 5.82 Å². The molecule has 19 heavy (non-hydrogen) atoms. The fourth-order valence-electron chi connectivity index (χ4n) is 2.54. The van der Waals surface area contributed by atoms with Gasteiger partial charge in [0.05, 0.1) is 5.56 Å². The number of pyridine rings is 1. The van der Waals surface area contributed by atoms with E-state index in [0.29, 0.717) is 17.6 Å². The van der Waals surface area contributed by atoms with Crippen LogP contribution in [0.3, 0.4) is 0 Å². The molecule has 2 atom stereocenters. The number of rotatable bonds is 2. The van der Waals surface area contributed by atoms with Gasteiger partial charge in [-0.1, -0.05) is 0 Å². The molecule has 5 nitrogen and oxygen atoms in total. The molecule has 0 saturated carbocycles. The maximum atomic E-state index is 11.9. The SMILES string of the molecule is CNC(=O)c1cccnc1N1C[C@@H](C)N(C)[C@@H](C)C1. The van der Waals surface area contributed by atoms with E-state index in [1.165, 1.54) is 0 Å². The van der Waals surface area contributed by atoms with E-state index >= 15 is 0 Å². The molecule has 1 saturated heterocycles. The van der Waals surface area contributed by atoms with E-state index < -0.39 is 0 Å². The molecule has 2 heterocycles. The number of amides is 1. The van der Waals surface area contributed by atoms with Gasteiger partial charge in [-0.05, 0) is 33.0 Å². The number of carbonyl (C=O) groups excluding carboxylic acids is 1. The van der Waals surface area contributed by atoms with Gasteiger partial charge in [0.15, 0.2) is 0 Å². The Morgan fingerprint density at radius 3 is 2.58 bits per heavy atom. The van der Waals surface area contributed by atoms with Gasteiger partial charge >= 0.3 is 0 Å². The van der Waals surface area contributed by atoms with E-state index in [0.717, 1.165) is 18.9 Å². The minimum absolute atomic E-state index is 0.0812. The Labute approximate surface area is 114 Å². The number of aromatic nitrogens is 1. The van der Waals surface area contributed by atoms with E-state index in [1.54, 1.807) is 19.3 Å². The van der Waals surface area contributed by atoms with Gasteiger partial charge < -0.3 is 10.2 Å². The molecule has 0 unspecified atom stereocenters. The van der Waals surface area contributed by atoms with E-state index in [4.69, 9.17) is 0 Å². The number of nitrogens with one attached hydrogen (secondary N) is 1. The lowest BCUT2D eigenvalue weighted by molar-refractivity contribution is 0.0962. The van der Waals surface area contributed by atoms with Crippen LogP contribution in [0, 0.1) is 0 Å². The molecule has 0 radical (unpaired) electrons. The second kappa shape index (κ2) is 5.57. The van der Waals surface area contributed by atoms with Crippen LogP contribution >= 0.6 is 0 Å². The first-order chi connectivity index (χ1) is 9.04. The number of hydrogen-bond donors (Lipinski definition) is 1. The number of likely N-dealkylation sites (N-methyl/N-ethyl adjacent to an activating group) is 1. The molecule has 1 fully saturated rings. The minimum Gasteiger partial charge on any atom is -0.355 e. The molecule has 1 amide bonds. The molecule has 1 aromatic rings. The maximum Gasteiger partial charge on any atom is 0.254 e. The van der Waals surface area contributed by atoms with Gasteiger partial charge in [-0.25, -0.2) is 4.98 Å². The first kappa shape index (κ1) is 13.8. The Morgan fingerprint density at radius 2 is 2.00 bits per heavy atom. The van der Waals surface area contributed by atoms with Crippen LogP contribution in [0.15, 0.2) is 18.3 Å². The summed E-state index contributed by atoms with van der Waals surface area (Å²) in [5.41, 5.74) is 0.647. The molecule has 1 N–H and O–H groups in total. The Hall–Kier alpha value is -1.62. The van der Waals surface area contributed by atoms with Crippen molar-refractivity contribution in [3.63, 3.8) is 0 Å². The van der Waals surface area contributed by atoms with Crippen molar-refractivity contribution in [3.05, 3.63) is 23.9 Å². The summed E-state index contributed by atoms with van der Waals surface area (Å²) in [6.45, 7) is 6.18. The third kappa shape index (κ3) is 2.71. The van der Waals surface area contributed by atoms with Crippen LogP contribution in [-0.2, 0) is 0 Å². The summed E-state index contributed by atoms with van der Waals surface area (Å²) in [5, 5.41) is 2.68. The lowest BCUT2D eigenvalue weighted by Crippen LogP contribution is -2.55. The van der Waals surface area contributed by atoms with Crippen molar-refractivity contribution >= 4 is 11.7 Å². The molecule has 0 aromatic carbocycles. The van der Waals surface area contributed by atoms with Crippen molar-refractivity contribution in [2.24, 2.45) is 0 Å². The summed E-state index contributed by atoms with van der Waals surface area (Å²) >= 11 is 0. The highest BCUT2D eigenvalue weighted by Gasteiger charge is 2.29. The molecular formula is C14H22N4O. The Bertz CT molecular complexity index is 451. The third-order valence-electron chi connectivity index (χ3n) is 3.92. The number of hydrogen-bond acceptors (Lipinski definition) is 4. The van der Waals surface area contributed by atoms with Gasteiger partial charge in [0.25, 0.3) is 5.91 Å². The van der Waals surface area contributed by atoms with Gasteiger partial charge in [0, 0.05) is 38.4 Å². The van der Waals surface area contributed by atoms with E-state index in [-0.39, 0.29) is 5.91 Å². The van der Waals surface area contributed by atoms with Crippen molar-refractivity contribution in [2.75, 3.05) is 32.1 Å². The monoisotopic (exact) mass is 262 g/mol. The number of nitrogens with zero attached hydrogens (tertiary/aromatic N) is 3. The molecule has 0 aliphatic carbocycles. The van der Waals surface area contributed by atoms with Gasteiger partial charge in [-0.3, -0.25) is 9.69 Å². The third-order valence-corrected chi connectivity index (χ3v) is 3.92. The zero-order valence-electron chi connectivity index (χ0n) is 12.1. The smallest absolute Gasteiger partial charge is 0.254 e. The summed E-state index contributed by atoms with van der Waals surface area (Å²) in [5.74, 6) is 0.705. The molecule has 0 spiro atoms. The molecule has 1 aromatic heterocycles. The highest BCUT2D eigenvalue weighted by molar-refractivity contribution is 5.98. The van der Waals surface area contributed by atoms with Gasteiger partial charge in [-0.2, -0.15) is 0 Å². The van der Waals surface area contributed by atoms with Crippen molar-refractivity contribution in [3.8, 4) is 0 Å². The number of anilines is 1. The van der Waals surface area contributed by atoms with Gasteiger partial charge in [-0.15, -0.1) is 0 Å². The van der Waals surface area contributed by atoms with E-state index in [2.05, 4.69) is 41.0 Å². The van der Waals surface area contributed by atoms with Gasteiger partial charge in [0.2, 0.25) is 0 Å². The first-order valence-electron chi connectivity index (χ1n) is 6.68. The quantitative estimate of drug-likeness (QED) is 0.863. The number of piperazine rings is 1. The second-order valence-electron chi connectivity index (χ2n) is 5.22. The van der Waals surface area contributed by atoms with Crippen molar-refractivity contribution < 1.29 is 4.79 Å². The molecule has 1 aliphatic rings. The van der Waals surface area contributed by atoms with Crippen LogP contribution in [-0.4, -0.2) is 55.1 Å². The van der Waals surface area contributed by atoms with Crippen LogP contribution in [0.25, 0.3) is 0 Å². The number of carbonyl (C=O) groups is 1. The van der Waals surface area contributed by atoms with E-state index in [9.17, 15) is 4.79 Å².